The van der Waals surface area contributed by atoms with Crippen LogP contribution in [0.25, 0.3) is 0 Å². The molecule has 0 amide bonds. The number of aliphatic carboxylic acids is 1. The topological polar surface area (TPSA) is 49.8 Å². The van der Waals surface area contributed by atoms with Crippen molar-refractivity contribution in [1.82, 2.24) is 4.90 Å². The van der Waals surface area contributed by atoms with Gasteiger partial charge in [0.1, 0.15) is 0 Å². The van der Waals surface area contributed by atoms with Gasteiger partial charge in [-0.15, -0.1) is 0 Å². The Morgan fingerprint density at radius 3 is 3.05 bits per heavy atom. The number of likely N-dealkylation sites (tertiary alicyclic amines) is 1. The summed E-state index contributed by atoms with van der Waals surface area (Å²) < 4.78 is 19.0. The van der Waals surface area contributed by atoms with Crippen LogP contribution in [-0.4, -0.2) is 36.2 Å². The zero-order valence-electron chi connectivity index (χ0n) is 10.9. The highest BCUT2D eigenvalue weighted by Gasteiger charge is 2.25. The Morgan fingerprint density at radius 2 is 2.37 bits per heavy atom. The number of piperidine rings is 1. The van der Waals surface area contributed by atoms with E-state index in [0.29, 0.717) is 25.1 Å². The maximum absolute atomic E-state index is 14.0. The predicted octanol–water partition coefficient (Wildman–Crippen LogP) is 2.13. The maximum Gasteiger partial charge on any atom is 0.307 e. The number of carboxylic acid groups (broad SMARTS) is 1. The second kappa shape index (κ2) is 6.02. The highest BCUT2D eigenvalue weighted by molar-refractivity contribution is 5.70. The molecule has 1 unspecified atom stereocenters. The van der Waals surface area contributed by atoms with Crippen LogP contribution >= 0.6 is 0 Å². The van der Waals surface area contributed by atoms with Crippen LogP contribution in [0.15, 0.2) is 18.2 Å². The fourth-order valence-corrected chi connectivity index (χ4v) is 2.48. The molecule has 1 aromatic rings. The number of methoxy groups -OCH3 is 1. The summed E-state index contributed by atoms with van der Waals surface area (Å²) in [4.78, 5) is 13.0. The molecular weight excluding hydrogens is 249 g/mol. The molecule has 1 aromatic carbocycles. The monoisotopic (exact) mass is 267 g/mol. The number of hydrogen-bond donors (Lipinski definition) is 1. The summed E-state index contributed by atoms with van der Waals surface area (Å²) in [5.41, 5.74) is 0.547. The van der Waals surface area contributed by atoms with Gasteiger partial charge in [0.15, 0.2) is 11.6 Å². The molecule has 0 bridgehead atoms. The van der Waals surface area contributed by atoms with E-state index in [4.69, 9.17) is 9.84 Å². The zero-order valence-corrected chi connectivity index (χ0v) is 10.9. The van der Waals surface area contributed by atoms with Crippen molar-refractivity contribution in [2.45, 2.75) is 19.4 Å². The third-order valence-electron chi connectivity index (χ3n) is 3.51. The lowest BCUT2D eigenvalue weighted by atomic mass is 9.98. The number of hydrogen-bond acceptors (Lipinski definition) is 3. The largest absolute Gasteiger partial charge is 0.494 e. The van der Waals surface area contributed by atoms with Gasteiger partial charge in [-0.2, -0.15) is 0 Å². The van der Waals surface area contributed by atoms with Gasteiger partial charge in [0.2, 0.25) is 0 Å². The summed E-state index contributed by atoms with van der Waals surface area (Å²) >= 11 is 0. The van der Waals surface area contributed by atoms with Crippen LogP contribution in [0.4, 0.5) is 4.39 Å². The van der Waals surface area contributed by atoms with Crippen molar-refractivity contribution in [3.8, 4) is 5.75 Å². The molecule has 0 radical (unpaired) electrons. The summed E-state index contributed by atoms with van der Waals surface area (Å²) in [6.45, 7) is 1.71. The second-order valence-corrected chi connectivity index (χ2v) is 4.85. The minimum absolute atomic E-state index is 0.226. The number of nitrogens with zero attached hydrogens (tertiary/aromatic N) is 1. The Hall–Kier alpha value is -1.62. The molecule has 1 fully saturated rings. The summed E-state index contributed by atoms with van der Waals surface area (Å²) in [6.07, 6.45) is 1.54. The fourth-order valence-electron chi connectivity index (χ4n) is 2.48. The van der Waals surface area contributed by atoms with Crippen LogP contribution < -0.4 is 4.74 Å². The Morgan fingerprint density at radius 1 is 1.58 bits per heavy atom. The highest BCUT2D eigenvalue weighted by atomic mass is 19.1. The molecule has 1 saturated heterocycles. The van der Waals surface area contributed by atoms with Gasteiger partial charge in [0, 0.05) is 18.7 Å². The normalized spacial score (nSPS) is 20.2. The summed E-state index contributed by atoms with van der Waals surface area (Å²) in [5.74, 6) is -1.25. The first-order valence-electron chi connectivity index (χ1n) is 6.38. The Balaban J connectivity index is 2.06. The van der Waals surface area contributed by atoms with E-state index < -0.39 is 5.97 Å². The standard InChI is InChI=1S/C14H18FNO3/c1-19-12-6-2-4-10(13(12)15)8-16-7-3-5-11(9-16)14(17)18/h2,4,6,11H,3,5,7-9H2,1H3,(H,17,18). The van der Waals surface area contributed by atoms with Crippen molar-refractivity contribution in [2.75, 3.05) is 20.2 Å². The van der Waals surface area contributed by atoms with E-state index in [0.717, 1.165) is 13.0 Å². The number of ether oxygens (including phenoxy) is 1. The van der Waals surface area contributed by atoms with Crippen molar-refractivity contribution in [1.29, 1.82) is 0 Å². The van der Waals surface area contributed by atoms with Gasteiger partial charge < -0.3 is 9.84 Å². The van der Waals surface area contributed by atoms with Crippen molar-refractivity contribution >= 4 is 5.97 Å². The third-order valence-corrected chi connectivity index (χ3v) is 3.51. The van der Waals surface area contributed by atoms with E-state index in [1.165, 1.54) is 7.11 Å². The SMILES string of the molecule is COc1cccc(CN2CCCC(C(=O)O)C2)c1F. The molecule has 0 spiro atoms. The first-order valence-corrected chi connectivity index (χ1v) is 6.38. The minimum Gasteiger partial charge on any atom is -0.494 e. The summed E-state index contributed by atoms with van der Waals surface area (Å²) in [6, 6.07) is 5.03. The van der Waals surface area contributed by atoms with Crippen LogP contribution in [0.2, 0.25) is 0 Å². The predicted molar refractivity (Wildman–Crippen MR) is 68.6 cm³/mol. The zero-order chi connectivity index (χ0) is 13.8. The number of rotatable bonds is 4. The Kier molecular flexibility index (Phi) is 4.37. The van der Waals surface area contributed by atoms with Crippen molar-refractivity contribution in [2.24, 2.45) is 5.92 Å². The molecule has 0 aromatic heterocycles. The average molecular weight is 267 g/mol. The third kappa shape index (κ3) is 3.23. The smallest absolute Gasteiger partial charge is 0.307 e. The number of carboxylic acids is 1. The van der Waals surface area contributed by atoms with Gasteiger partial charge in [-0.1, -0.05) is 12.1 Å². The molecule has 2 rings (SSSR count). The lowest BCUT2D eigenvalue weighted by Crippen LogP contribution is -2.38. The molecule has 4 nitrogen and oxygen atoms in total. The second-order valence-electron chi connectivity index (χ2n) is 4.85. The molecular formula is C14H18FNO3. The Labute approximate surface area is 111 Å². The van der Waals surface area contributed by atoms with E-state index in [1.54, 1.807) is 18.2 Å². The molecule has 1 N–H and O–H groups in total. The molecule has 1 aliphatic heterocycles. The molecule has 5 heteroatoms. The van der Waals surface area contributed by atoms with Crippen molar-refractivity contribution in [3.05, 3.63) is 29.6 Å². The van der Waals surface area contributed by atoms with Crippen molar-refractivity contribution in [3.63, 3.8) is 0 Å². The van der Waals surface area contributed by atoms with Gasteiger partial charge in [-0.25, -0.2) is 4.39 Å². The highest BCUT2D eigenvalue weighted by Crippen LogP contribution is 2.24. The first kappa shape index (κ1) is 13.8. The first-order chi connectivity index (χ1) is 9.11. The van der Waals surface area contributed by atoms with Gasteiger partial charge in [0.25, 0.3) is 0 Å². The van der Waals surface area contributed by atoms with Crippen LogP contribution in [0.5, 0.6) is 5.75 Å². The van der Waals surface area contributed by atoms with E-state index in [-0.39, 0.29) is 17.5 Å². The van der Waals surface area contributed by atoms with E-state index in [2.05, 4.69) is 0 Å². The Bertz CT molecular complexity index is 464. The van der Waals surface area contributed by atoms with Crippen LogP contribution in [-0.2, 0) is 11.3 Å². The van der Waals surface area contributed by atoms with E-state index in [1.807, 2.05) is 4.90 Å². The molecule has 0 aliphatic carbocycles. The molecule has 1 heterocycles. The lowest BCUT2D eigenvalue weighted by Gasteiger charge is -2.30. The van der Waals surface area contributed by atoms with Crippen molar-refractivity contribution < 1.29 is 19.0 Å². The van der Waals surface area contributed by atoms with Crippen LogP contribution in [0.1, 0.15) is 18.4 Å². The minimum atomic E-state index is -0.768. The van der Waals surface area contributed by atoms with Gasteiger partial charge in [-0.3, -0.25) is 9.69 Å². The lowest BCUT2D eigenvalue weighted by molar-refractivity contribution is -0.143. The quantitative estimate of drug-likeness (QED) is 0.908. The van der Waals surface area contributed by atoms with E-state index >= 15 is 0 Å². The maximum atomic E-state index is 14.0. The summed E-state index contributed by atoms with van der Waals surface area (Å²) in [7, 11) is 1.43. The van der Waals surface area contributed by atoms with Gasteiger partial charge in [-0.05, 0) is 25.5 Å². The number of benzene rings is 1. The average Bonchev–Trinajstić information content (AvgIpc) is 2.41. The number of carbonyl (C=O) groups is 1. The van der Waals surface area contributed by atoms with Crippen LogP contribution in [0, 0.1) is 11.7 Å². The molecule has 1 atom stereocenters. The summed E-state index contributed by atoms with van der Waals surface area (Å²) in [5, 5.41) is 9.04. The van der Waals surface area contributed by atoms with Gasteiger partial charge >= 0.3 is 5.97 Å². The number of halogens is 1. The van der Waals surface area contributed by atoms with E-state index in [9.17, 15) is 9.18 Å². The molecule has 0 saturated carbocycles. The molecule has 104 valence electrons. The van der Waals surface area contributed by atoms with Crippen LogP contribution in [0.3, 0.4) is 0 Å². The van der Waals surface area contributed by atoms with Gasteiger partial charge in [0.05, 0.1) is 13.0 Å². The fraction of sp³-hybridized carbons (Fsp3) is 0.500. The molecule has 19 heavy (non-hydrogen) atoms. The molecule has 1 aliphatic rings.